The first-order valence-corrected chi connectivity index (χ1v) is 7.27. The lowest BCUT2D eigenvalue weighted by Gasteiger charge is -2.22. The van der Waals surface area contributed by atoms with E-state index < -0.39 is 0 Å². The standard InChI is InChI=1S/C16H22FN3/c1-3-7-19(2)11-13-6-8-20(12-13)16-5-4-15(17)9-14(16)10-18/h4-5,9,13H,3,6-8,11-12H2,1-2H3. The summed E-state index contributed by atoms with van der Waals surface area (Å²) in [4.78, 5) is 4.58. The van der Waals surface area contributed by atoms with E-state index in [0.29, 0.717) is 11.5 Å². The van der Waals surface area contributed by atoms with Crippen LogP contribution in [0.2, 0.25) is 0 Å². The molecule has 0 saturated carbocycles. The van der Waals surface area contributed by atoms with Crippen molar-refractivity contribution in [2.75, 3.05) is 38.1 Å². The van der Waals surface area contributed by atoms with Gasteiger partial charge >= 0.3 is 0 Å². The summed E-state index contributed by atoms with van der Waals surface area (Å²) in [6, 6.07) is 6.59. The first-order valence-electron chi connectivity index (χ1n) is 7.27. The summed E-state index contributed by atoms with van der Waals surface area (Å²) >= 11 is 0. The summed E-state index contributed by atoms with van der Waals surface area (Å²) in [5.41, 5.74) is 1.31. The van der Waals surface area contributed by atoms with Crippen LogP contribution < -0.4 is 4.90 Å². The number of benzene rings is 1. The van der Waals surface area contributed by atoms with Crippen molar-refractivity contribution in [3.8, 4) is 6.07 Å². The van der Waals surface area contributed by atoms with Gasteiger partial charge in [-0.25, -0.2) is 4.39 Å². The van der Waals surface area contributed by atoms with Crippen LogP contribution in [0.15, 0.2) is 18.2 Å². The van der Waals surface area contributed by atoms with Gasteiger partial charge in [-0.15, -0.1) is 0 Å². The normalized spacial score (nSPS) is 18.6. The second-order valence-corrected chi connectivity index (χ2v) is 5.64. The lowest BCUT2D eigenvalue weighted by atomic mass is 10.1. The number of anilines is 1. The number of hydrogen-bond acceptors (Lipinski definition) is 3. The molecule has 4 heteroatoms. The van der Waals surface area contributed by atoms with Crippen molar-refractivity contribution in [2.24, 2.45) is 5.92 Å². The van der Waals surface area contributed by atoms with E-state index in [4.69, 9.17) is 5.26 Å². The molecule has 1 aliphatic heterocycles. The van der Waals surface area contributed by atoms with Crippen LogP contribution in [0.3, 0.4) is 0 Å². The van der Waals surface area contributed by atoms with Crippen molar-refractivity contribution in [1.29, 1.82) is 5.26 Å². The van der Waals surface area contributed by atoms with Crippen molar-refractivity contribution in [1.82, 2.24) is 4.90 Å². The maximum absolute atomic E-state index is 13.2. The quantitative estimate of drug-likeness (QED) is 0.827. The summed E-state index contributed by atoms with van der Waals surface area (Å²) in [5.74, 6) is 0.284. The third-order valence-electron chi connectivity index (χ3n) is 3.88. The van der Waals surface area contributed by atoms with E-state index in [-0.39, 0.29) is 5.82 Å². The molecule has 1 unspecified atom stereocenters. The number of rotatable bonds is 5. The lowest BCUT2D eigenvalue weighted by Crippen LogP contribution is -2.29. The highest BCUT2D eigenvalue weighted by molar-refractivity contribution is 5.59. The highest BCUT2D eigenvalue weighted by Gasteiger charge is 2.25. The minimum absolute atomic E-state index is 0.344. The summed E-state index contributed by atoms with van der Waals surface area (Å²) in [7, 11) is 2.16. The van der Waals surface area contributed by atoms with Crippen LogP contribution >= 0.6 is 0 Å². The van der Waals surface area contributed by atoms with Gasteiger partial charge in [0.05, 0.1) is 11.3 Å². The van der Waals surface area contributed by atoms with Crippen molar-refractivity contribution in [3.05, 3.63) is 29.6 Å². The van der Waals surface area contributed by atoms with Gasteiger partial charge in [0.25, 0.3) is 0 Å². The minimum atomic E-state index is -0.344. The molecule has 1 aliphatic rings. The third kappa shape index (κ3) is 3.49. The van der Waals surface area contributed by atoms with Crippen molar-refractivity contribution >= 4 is 5.69 Å². The Balaban J connectivity index is 2.01. The van der Waals surface area contributed by atoms with Gasteiger partial charge in [-0.2, -0.15) is 5.26 Å². The van der Waals surface area contributed by atoms with E-state index in [1.54, 1.807) is 6.07 Å². The molecule has 0 spiro atoms. The van der Waals surface area contributed by atoms with E-state index in [1.165, 1.54) is 18.6 Å². The summed E-state index contributed by atoms with van der Waals surface area (Å²) in [6.45, 7) is 6.30. The van der Waals surface area contributed by atoms with Gasteiger partial charge in [0.15, 0.2) is 0 Å². The first kappa shape index (κ1) is 14.8. The molecule has 2 rings (SSSR count). The molecule has 1 fully saturated rings. The predicted molar refractivity (Wildman–Crippen MR) is 79.2 cm³/mol. The minimum Gasteiger partial charge on any atom is -0.370 e. The SMILES string of the molecule is CCCN(C)CC1CCN(c2ccc(F)cc2C#N)C1. The van der Waals surface area contributed by atoms with E-state index in [9.17, 15) is 4.39 Å². The van der Waals surface area contributed by atoms with E-state index in [0.717, 1.165) is 38.3 Å². The highest BCUT2D eigenvalue weighted by atomic mass is 19.1. The van der Waals surface area contributed by atoms with Crippen LogP contribution in [0, 0.1) is 23.1 Å². The van der Waals surface area contributed by atoms with Crippen molar-refractivity contribution in [3.63, 3.8) is 0 Å². The molecule has 1 saturated heterocycles. The molecule has 0 N–H and O–H groups in total. The van der Waals surface area contributed by atoms with E-state index >= 15 is 0 Å². The Labute approximate surface area is 120 Å². The van der Waals surface area contributed by atoms with Crippen LogP contribution in [0.5, 0.6) is 0 Å². The molecule has 1 aromatic rings. The Morgan fingerprint density at radius 2 is 2.30 bits per heavy atom. The number of hydrogen-bond donors (Lipinski definition) is 0. The van der Waals surface area contributed by atoms with Gasteiger partial charge in [0.1, 0.15) is 11.9 Å². The van der Waals surface area contributed by atoms with Gasteiger partial charge in [-0.05, 0) is 50.6 Å². The van der Waals surface area contributed by atoms with Gasteiger partial charge < -0.3 is 9.80 Å². The fourth-order valence-corrected chi connectivity index (χ4v) is 2.99. The highest BCUT2D eigenvalue weighted by Crippen LogP contribution is 2.27. The van der Waals surface area contributed by atoms with E-state index in [1.807, 2.05) is 0 Å². The molecule has 1 aromatic carbocycles. The van der Waals surface area contributed by atoms with Crippen LogP contribution in [-0.4, -0.2) is 38.1 Å². The Bertz CT molecular complexity index is 495. The molecular weight excluding hydrogens is 253 g/mol. The number of nitrogens with zero attached hydrogens (tertiary/aromatic N) is 3. The molecule has 1 heterocycles. The summed E-state index contributed by atoms with van der Waals surface area (Å²) in [6.07, 6.45) is 2.31. The smallest absolute Gasteiger partial charge is 0.124 e. The maximum Gasteiger partial charge on any atom is 0.124 e. The van der Waals surface area contributed by atoms with Crippen molar-refractivity contribution < 1.29 is 4.39 Å². The maximum atomic E-state index is 13.2. The zero-order valence-electron chi connectivity index (χ0n) is 12.3. The number of halogens is 1. The molecule has 3 nitrogen and oxygen atoms in total. The van der Waals surface area contributed by atoms with Crippen LogP contribution in [-0.2, 0) is 0 Å². The Hall–Kier alpha value is -1.60. The zero-order valence-corrected chi connectivity index (χ0v) is 12.3. The van der Waals surface area contributed by atoms with Crippen LogP contribution in [0.1, 0.15) is 25.3 Å². The Kier molecular flexibility index (Phi) is 4.97. The fourth-order valence-electron chi connectivity index (χ4n) is 2.99. The van der Waals surface area contributed by atoms with Gasteiger partial charge in [-0.1, -0.05) is 6.92 Å². The average molecular weight is 275 g/mol. The molecule has 0 aliphatic carbocycles. The fraction of sp³-hybridized carbons (Fsp3) is 0.562. The van der Waals surface area contributed by atoms with Gasteiger partial charge in [-0.3, -0.25) is 0 Å². The molecule has 0 bridgehead atoms. The van der Waals surface area contributed by atoms with Crippen LogP contribution in [0.4, 0.5) is 10.1 Å². The Morgan fingerprint density at radius 3 is 3.00 bits per heavy atom. The summed E-state index contributed by atoms with van der Waals surface area (Å²) in [5, 5.41) is 9.13. The van der Waals surface area contributed by atoms with Crippen molar-refractivity contribution in [2.45, 2.75) is 19.8 Å². The molecule has 0 amide bonds. The molecule has 1 atom stereocenters. The first-order chi connectivity index (χ1) is 9.63. The number of nitriles is 1. The van der Waals surface area contributed by atoms with Gasteiger partial charge in [0, 0.05) is 19.6 Å². The second-order valence-electron chi connectivity index (χ2n) is 5.64. The Morgan fingerprint density at radius 1 is 1.50 bits per heavy atom. The van der Waals surface area contributed by atoms with Gasteiger partial charge in [0.2, 0.25) is 0 Å². The second kappa shape index (κ2) is 6.71. The third-order valence-corrected chi connectivity index (χ3v) is 3.88. The van der Waals surface area contributed by atoms with E-state index in [2.05, 4.69) is 29.8 Å². The predicted octanol–water partition coefficient (Wildman–Crippen LogP) is 2.87. The molecule has 20 heavy (non-hydrogen) atoms. The lowest BCUT2D eigenvalue weighted by molar-refractivity contribution is 0.287. The largest absolute Gasteiger partial charge is 0.370 e. The molecular formula is C16H22FN3. The molecule has 0 radical (unpaired) electrons. The summed E-state index contributed by atoms with van der Waals surface area (Å²) < 4.78 is 13.2. The monoisotopic (exact) mass is 275 g/mol. The zero-order chi connectivity index (χ0) is 14.5. The molecule has 108 valence electrons. The topological polar surface area (TPSA) is 30.3 Å². The van der Waals surface area contributed by atoms with Crippen LogP contribution in [0.25, 0.3) is 0 Å². The average Bonchev–Trinajstić information content (AvgIpc) is 2.87. The molecule has 0 aromatic heterocycles.